The third-order valence-corrected chi connectivity index (χ3v) is 7.12. The Kier molecular flexibility index (Phi) is 14.2. The van der Waals surface area contributed by atoms with Gasteiger partial charge in [0.15, 0.2) is 5.82 Å². The molecular weight excluding hydrogens is 596 g/mol. The average molecular weight is 637 g/mol. The summed E-state index contributed by atoms with van der Waals surface area (Å²) < 4.78 is 4.73. The molecule has 3 atom stereocenters. The number of thioether (sulfide) groups is 1. The lowest BCUT2D eigenvalue weighted by molar-refractivity contribution is -0.145. The Balaban J connectivity index is 0.000000523. The lowest BCUT2D eigenvalue weighted by Crippen LogP contribution is -2.48. The number of carboxylic acid groups (broad SMARTS) is 2. The summed E-state index contributed by atoms with van der Waals surface area (Å²) in [7, 11) is 1.79. The van der Waals surface area contributed by atoms with Crippen molar-refractivity contribution in [2.45, 2.75) is 44.3 Å². The molecule has 10 N–H and O–H groups in total. The van der Waals surface area contributed by atoms with Crippen molar-refractivity contribution >= 4 is 58.7 Å². The number of nitrogen functional groups attached to an aromatic ring is 1. The van der Waals surface area contributed by atoms with Crippen molar-refractivity contribution in [3.63, 3.8) is 0 Å². The quantitative estimate of drug-likeness (QED) is 0.130. The number of ether oxygens (including phenoxy) is 1. The van der Waals surface area contributed by atoms with Crippen molar-refractivity contribution in [2.75, 3.05) is 60.0 Å². The molecule has 0 spiro atoms. The molecule has 0 radical (unpaired) electrons. The fourth-order valence-corrected chi connectivity index (χ4v) is 4.52. The number of aromatic nitrogens is 2. The van der Waals surface area contributed by atoms with Crippen molar-refractivity contribution in [3.05, 3.63) is 40.2 Å². The molecule has 0 saturated carbocycles. The fourth-order valence-electron chi connectivity index (χ4n) is 4.03. The predicted molar refractivity (Wildman–Crippen MR) is 168 cm³/mol. The van der Waals surface area contributed by atoms with E-state index in [-0.39, 0.29) is 41.9 Å². The summed E-state index contributed by atoms with van der Waals surface area (Å²) in [5.41, 5.74) is 12.1. The number of rotatable bonds is 14. The molecule has 2 aromatic rings. The molecule has 0 saturated heterocycles. The van der Waals surface area contributed by atoms with E-state index in [4.69, 9.17) is 21.3 Å². The van der Waals surface area contributed by atoms with Crippen LogP contribution in [0.4, 0.5) is 23.1 Å². The van der Waals surface area contributed by atoms with Crippen LogP contribution in [0.15, 0.2) is 29.1 Å². The molecule has 2 heterocycles. The van der Waals surface area contributed by atoms with Gasteiger partial charge in [-0.3, -0.25) is 24.2 Å². The lowest BCUT2D eigenvalue weighted by atomic mass is 10.1. The minimum Gasteiger partial charge on any atom is -0.481 e. The first kappa shape index (κ1) is 35.7. The second-order valence-corrected chi connectivity index (χ2v) is 10.7. The molecular formula is C27H40N8O8S. The number of carbonyl (C=O) groups is 4. The van der Waals surface area contributed by atoms with Crippen molar-refractivity contribution in [1.82, 2.24) is 15.3 Å². The minimum absolute atomic E-state index is 0.0388. The van der Waals surface area contributed by atoms with Gasteiger partial charge in [0.1, 0.15) is 17.8 Å². The topological polar surface area (TPSA) is 255 Å². The number of nitrogens with two attached hydrogens (primary N) is 2. The normalized spacial score (nSPS) is 14.9. The summed E-state index contributed by atoms with van der Waals surface area (Å²) in [5.74, 6) is -1.98. The summed E-state index contributed by atoms with van der Waals surface area (Å²) >= 11 is 1.68. The van der Waals surface area contributed by atoms with Crippen molar-refractivity contribution < 1.29 is 34.1 Å². The molecule has 1 aliphatic rings. The van der Waals surface area contributed by atoms with Crippen molar-refractivity contribution in [1.29, 1.82) is 0 Å². The van der Waals surface area contributed by atoms with Gasteiger partial charge in [-0.05, 0) is 56.0 Å². The SMILES string of the molecule is CCOC(=O)C(N)CCSC.CN1c2c(nc(N)[nH]c2=O)NC[C@@H]1CNc1ccc(C(=O)NC(CCC(=O)O)C(=O)O)cc1. The molecule has 17 heteroatoms. The van der Waals surface area contributed by atoms with Crippen LogP contribution < -0.4 is 37.9 Å². The van der Waals surface area contributed by atoms with Gasteiger partial charge in [-0.1, -0.05) is 0 Å². The number of aromatic amines is 1. The highest BCUT2D eigenvalue weighted by Crippen LogP contribution is 2.25. The van der Waals surface area contributed by atoms with E-state index in [2.05, 4.69) is 25.9 Å². The Morgan fingerprint density at radius 1 is 1.20 bits per heavy atom. The lowest BCUT2D eigenvalue weighted by Gasteiger charge is -2.35. The Bertz CT molecular complexity index is 1340. The smallest absolute Gasteiger partial charge is 0.326 e. The highest BCUT2D eigenvalue weighted by molar-refractivity contribution is 7.98. The van der Waals surface area contributed by atoms with Crippen LogP contribution in [0, 0.1) is 0 Å². The van der Waals surface area contributed by atoms with Gasteiger partial charge in [0.2, 0.25) is 5.95 Å². The number of H-pyrrole nitrogens is 1. The van der Waals surface area contributed by atoms with Crippen molar-refractivity contribution in [3.8, 4) is 0 Å². The Hall–Kier alpha value is -4.51. The fraction of sp³-hybridized carbons (Fsp3) is 0.481. The van der Waals surface area contributed by atoms with Gasteiger partial charge in [-0.15, -0.1) is 0 Å². The Morgan fingerprint density at radius 2 is 1.89 bits per heavy atom. The number of aliphatic carboxylic acids is 2. The molecule has 3 rings (SSSR count). The van der Waals surface area contributed by atoms with Crippen LogP contribution in [-0.4, -0.2) is 101 Å². The van der Waals surface area contributed by atoms with E-state index >= 15 is 0 Å². The van der Waals surface area contributed by atoms with Crippen LogP contribution in [0.3, 0.4) is 0 Å². The van der Waals surface area contributed by atoms with Crippen molar-refractivity contribution in [2.24, 2.45) is 5.73 Å². The van der Waals surface area contributed by atoms with Crippen LogP contribution in [0.2, 0.25) is 0 Å². The number of benzene rings is 1. The molecule has 0 bridgehead atoms. The zero-order chi connectivity index (χ0) is 32.8. The molecule has 0 fully saturated rings. The van der Waals surface area contributed by atoms with Gasteiger partial charge in [-0.25, -0.2) is 4.79 Å². The molecule has 16 nitrogen and oxygen atoms in total. The molecule has 1 aliphatic heterocycles. The largest absolute Gasteiger partial charge is 0.481 e. The molecule has 44 heavy (non-hydrogen) atoms. The molecule has 242 valence electrons. The van der Waals surface area contributed by atoms with E-state index in [0.29, 0.717) is 37.6 Å². The predicted octanol–water partition coefficient (Wildman–Crippen LogP) is 0.372. The second-order valence-electron chi connectivity index (χ2n) is 9.69. The van der Waals surface area contributed by atoms with E-state index in [0.717, 1.165) is 11.4 Å². The van der Waals surface area contributed by atoms with Gasteiger partial charge in [0.05, 0.1) is 12.6 Å². The van der Waals surface area contributed by atoms with Gasteiger partial charge in [0.25, 0.3) is 11.5 Å². The standard InChI is InChI=1S/C20H25N7O6.C7H15NO2S/c1-27-12(9-23-16-15(27)18(31)26-20(21)25-16)8-22-11-4-2-10(3-5-11)17(30)24-13(19(32)33)6-7-14(28)29;1-3-10-7(9)6(8)4-5-11-2/h2-5,12-13,22H,6-9H2,1H3,(H,24,30)(H,28,29)(H,32,33)(H4,21,23,25,26,31);6H,3-5,8H2,1-2H3/t12-,13?;/m0./s1. The maximum Gasteiger partial charge on any atom is 0.326 e. The average Bonchev–Trinajstić information content (AvgIpc) is 2.97. The van der Waals surface area contributed by atoms with Gasteiger partial charge >= 0.3 is 17.9 Å². The highest BCUT2D eigenvalue weighted by atomic mass is 32.2. The molecule has 2 unspecified atom stereocenters. The van der Waals surface area contributed by atoms with Crippen LogP contribution in [0.25, 0.3) is 0 Å². The van der Waals surface area contributed by atoms with Gasteiger partial charge in [0, 0.05) is 37.8 Å². The third-order valence-electron chi connectivity index (χ3n) is 6.48. The van der Waals surface area contributed by atoms with Crippen LogP contribution >= 0.6 is 11.8 Å². The summed E-state index contributed by atoms with van der Waals surface area (Å²) in [6, 6.07) is 4.59. The number of fused-ring (bicyclic) bond motifs is 1. The Morgan fingerprint density at radius 3 is 2.48 bits per heavy atom. The molecule has 1 amide bonds. The number of amides is 1. The number of carboxylic acids is 2. The number of likely N-dealkylation sites (N-methyl/N-ethyl adjacent to an activating group) is 1. The van der Waals surface area contributed by atoms with E-state index in [9.17, 15) is 29.1 Å². The van der Waals surface area contributed by atoms with Crippen LogP contribution in [0.1, 0.15) is 36.5 Å². The number of esters is 1. The highest BCUT2D eigenvalue weighted by Gasteiger charge is 2.27. The van der Waals surface area contributed by atoms with Crippen LogP contribution in [-0.2, 0) is 19.1 Å². The number of carbonyl (C=O) groups excluding carboxylic acids is 2. The first-order chi connectivity index (χ1) is 20.9. The van der Waals surface area contributed by atoms with Gasteiger partial charge < -0.3 is 47.3 Å². The van der Waals surface area contributed by atoms with E-state index in [1.165, 1.54) is 12.1 Å². The number of hydrogen-bond donors (Lipinski definition) is 8. The molecule has 1 aromatic heterocycles. The third kappa shape index (κ3) is 11.0. The zero-order valence-corrected chi connectivity index (χ0v) is 25.6. The van der Waals surface area contributed by atoms with E-state index in [1.54, 1.807) is 37.9 Å². The zero-order valence-electron chi connectivity index (χ0n) is 24.8. The first-order valence-electron chi connectivity index (χ1n) is 13.7. The summed E-state index contributed by atoms with van der Waals surface area (Å²) in [6.07, 6.45) is 2.09. The first-order valence-corrected chi connectivity index (χ1v) is 15.1. The van der Waals surface area contributed by atoms with Gasteiger partial charge in [-0.2, -0.15) is 16.7 Å². The second kappa shape index (κ2) is 17.6. The number of nitrogens with one attached hydrogen (secondary N) is 4. The Labute approximate surface area is 258 Å². The summed E-state index contributed by atoms with van der Waals surface area (Å²) in [4.78, 5) is 65.8. The molecule has 1 aromatic carbocycles. The van der Waals surface area contributed by atoms with E-state index < -0.39 is 29.9 Å². The maximum absolute atomic E-state index is 12.3. The molecule has 0 aliphatic carbocycles. The maximum atomic E-state index is 12.3. The monoisotopic (exact) mass is 636 g/mol. The summed E-state index contributed by atoms with van der Waals surface area (Å²) in [6.45, 7) is 3.19. The minimum atomic E-state index is -1.30. The summed E-state index contributed by atoms with van der Waals surface area (Å²) in [5, 5.41) is 26.6. The van der Waals surface area contributed by atoms with Crippen LogP contribution in [0.5, 0.6) is 0 Å². The number of nitrogens with zero attached hydrogens (tertiary/aromatic N) is 2. The number of hydrogen-bond acceptors (Lipinski definition) is 13. The van der Waals surface area contributed by atoms with E-state index in [1.807, 2.05) is 11.2 Å². The number of anilines is 4.